The second-order valence-electron chi connectivity index (χ2n) is 4.78. The van der Waals surface area contributed by atoms with Crippen LogP contribution in [0.15, 0.2) is 23.8 Å². The summed E-state index contributed by atoms with van der Waals surface area (Å²) >= 11 is 1.81. The Morgan fingerprint density at radius 3 is 2.83 bits per heavy atom. The molecule has 18 heavy (non-hydrogen) atoms. The van der Waals surface area contributed by atoms with E-state index in [0.29, 0.717) is 12.0 Å². The molecule has 0 aliphatic heterocycles. The molecule has 0 saturated heterocycles. The lowest BCUT2D eigenvalue weighted by atomic mass is 10.0. The third-order valence-corrected chi connectivity index (χ3v) is 3.83. The smallest absolute Gasteiger partial charge is 0.151 e. The van der Waals surface area contributed by atoms with Gasteiger partial charge in [-0.15, -0.1) is 11.3 Å². The Morgan fingerprint density at radius 2 is 2.28 bits per heavy atom. The van der Waals surface area contributed by atoms with Gasteiger partial charge in [0.25, 0.3) is 0 Å². The lowest BCUT2D eigenvalue weighted by Gasteiger charge is -2.20. The Kier molecular flexibility index (Phi) is 4.49. The van der Waals surface area contributed by atoms with E-state index in [4.69, 9.17) is 0 Å². The molecule has 0 aromatic carbocycles. The van der Waals surface area contributed by atoms with Crippen LogP contribution in [0, 0.1) is 5.92 Å². The number of thiophene rings is 1. The summed E-state index contributed by atoms with van der Waals surface area (Å²) in [5.74, 6) is 1.49. The second kappa shape index (κ2) is 6.11. The Morgan fingerprint density at radius 1 is 1.44 bits per heavy atom. The van der Waals surface area contributed by atoms with Crippen LogP contribution in [0.3, 0.4) is 0 Å². The first kappa shape index (κ1) is 13.2. The fraction of sp³-hybridized carbons (Fsp3) is 0.538. The van der Waals surface area contributed by atoms with Crippen molar-refractivity contribution in [3.8, 4) is 0 Å². The van der Waals surface area contributed by atoms with Crippen molar-refractivity contribution in [1.29, 1.82) is 0 Å². The number of nitrogens with zero attached hydrogens (tertiary/aromatic N) is 3. The van der Waals surface area contributed by atoms with Crippen LogP contribution in [0.2, 0.25) is 0 Å². The highest BCUT2D eigenvalue weighted by Crippen LogP contribution is 2.25. The van der Waals surface area contributed by atoms with Crippen LogP contribution in [0.5, 0.6) is 0 Å². The zero-order valence-electron chi connectivity index (χ0n) is 11.1. The van der Waals surface area contributed by atoms with Gasteiger partial charge in [0.2, 0.25) is 0 Å². The first-order valence-electron chi connectivity index (χ1n) is 6.28. The van der Waals surface area contributed by atoms with Crippen molar-refractivity contribution in [3.05, 3.63) is 34.5 Å². The third-order valence-electron chi connectivity index (χ3n) is 2.88. The molecule has 2 aromatic heterocycles. The van der Waals surface area contributed by atoms with E-state index in [1.807, 2.05) is 18.4 Å². The van der Waals surface area contributed by atoms with Gasteiger partial charge in [0.1, 0.15) is 6.33 Å². The number of hydrogen-bond acceptors (Lipinski definition) is 4. The quantitative estimate of drug-likeness (QED) is 0.871. The van der Waals surface area contributed by atoms with E-state index >= 15 is 0 Å². The molecule has 5 heteroatoms. The lowest BCUT2D eigenvalue weighted by Crippen LogP contribution is -2.27. The van der Waals surface area contributed by atoms with Crippen molar-refractivity contribution in [2.24, 2.45) is 13.0 Å². The third kappa shape index (κ3) is 3.40. The van der Waals surface area contributed by atoms with E-state index in [1.165, 1.54) is 4.88 Å². The Labute approximate surface area is 112 Å². The summed E-state index contributed by atoms with van der Waals surface area (Å²) in [7, 11) is 1.90. The monoisotopic (exact) mass is 264 g/mol. The molecule has 98 valence electrons. The van der Waals surface area contributed by atoms with Crippen molar-refractivity contribution in [3.63, 3.8) is 0 Å². The van der Waals surface area contributed by atoms with Gasteiger partial charge in [0.15, 0.2) is 5.82 Å². The SMILES string of the molecule is CC(C)C(NCCc1ncn(C)n1)c1cccs1. The first-order chi connectivity index (χ1) is 8.66. The van der Waals surface area contributed by atoms with E-state index < -0.39 is 0 Å². The zero-order valence-corrected chi connectivity index (χ0v) is 11.9. The van der Waals surface area contributed by atoms with Crippen molar-refractivity contribution < 1.29 is 0 Å². The minimum absolute atomic E-state index is 0.425. The summed E-state index contributed by atoms with van der Waals surface area (Å²) in [4.78, 5) is 5.64. The summed E-state index contributed by atoms with van der Waals surface area (Å²) in [6.45, 7) is 5.40. The zero-order chi connectivity index (χ0) is 13.0. The standard InChI is InChI=1S/C13H20N4S/c1-10(2)13(11-5-4-8-18-11)14-7-6-12-15-9-17(3)16-12/h4-5,8-10,13-14H,6-7H2,1-3H3. The highest BCUT2D eigenvalue weighted by Gasteiger charge is 2.15. The average molecular weight is 264 g/mol. The van der Waals surface area contributed by atoms with Crippen LogP contribution < -0.4 is 5.32 Å². The van der Waals surface area contributed by atoms with Gasteiger partial charge in [-0.3, -0.25) is 4.68 Å². The summed E-state index contributed by atoms with van der Waals surface area (Å²) in [5, 5.41) is 10.0. The summed E-state index contributed by atoms with van der Waals surface area (Å²) in [5.41, 5.74) is 0. The molecule has 2 rings (SSSR count). The molecular weight excluding hydrogens is 244 g/mol. The molecule has 0 aliphatic carbocycles. The molecule has 2 heterocycles. The van der Waals surface area contributed by atoms with Crippen molar-refractivity contribution in [2.75, 3.05) is 6.54 Å². The van der Waals surface area contributed by atoms with E-state index in [0.717, 1.165) is 18.8 Å². The van der Waals surface area contributed by atoms with Crippen LogP contribution in [0.25, 0.3) is 0 Å². The van der Waals surface area contributed by atoms with Crippen LogP contribution >= 0.6 is 11.3 Å². The molecule has 0 aliphatic rings. The second-order valence-corrected chi connectivity index (χ2v) is 5.75. The molecule has 0 spiro atoms. The lowest BCUT2D eigenvalue weighted by molar-refractivity contribution is 0.419. The van der Waals surface area contributed by atoms with Crippen molar-refractivity contribution in [1.82, 2.24) is 20.1 Å². The summed E-state index contributed by atoms with van der Waals surface area (Å²) in [6, 6.07) is 4.73. The van der Waals surface area contributed by atoms with Crippen LogP contribution in [0.1, 0.15) is 30.6 Å². The van der Waals surface area contributed by atoms with E-state index in [-0.39, 0.29) is 0 Å². The van der Waals surface area contributed by atoms with Gasteiger partial charge in [-0.25, -0.2) is 4.98 Å². The first-order valence-corrected chi connectivity index (χ1v) is 7.16. The number of hydrogen-bond donors (Lipinski definition) is 1. The van der Waals surface area contributed by atoms with Crippen LogP contribution in [0.4, 0.5) is 0 Å². The topological polar surface area (TPSA) is 42.7 Å². The molecule has 0 bridgehead atoms. The molecule has 1 unspecified atom stereocenters. The molecule has 1 N–H and O–H groups in total. The molecule has 0 radical (unpaired) electrons. The van der Waals surface area contributed by atoms with E-state index in [2.05, 4.69) is 46.8 Å². The fourth-order valence-electron chi connectivity index (χ4n) is 1.97. The van der Waals surface area contributed by atoms with Crippen molar-refractivity contribution in [2.45, 2.75) is 26.3 Å². The van der Waals surface area contributed by atoms with Gasteiger partial charge in [-0.1, -0.05) is 19.9 Å². The summed E-state index contributed by atoms with van der Waals surface area (Å²) in [6.07, 6.45) is 2.62. The molecule has 0 amide bonds. The van der Waals surface area contributed by atoms with Crippen LogP contribution in [-0.2, 0) is 13.5 Å². The number of aromatic nitrogens is 3. The highest BCUT2D eigenvalue weighted by molar-refractivity contribution is 7.10. The maximum Gasteiger partial charge on any atom is 0.151 e. The van der Waals surface area contributed by atoms with Gasteiger partial charge in [0, 0.05) is 30.9 Å². The van der Waals surface area contributed by atoms with E-state index in [1.54, 1.807) is 11.0 Å². The van der Waals surface area contributed by atoms with Crippen molar-refractivity contribution >= 4 is 11.3 Å². The normalized spacial score (nSPS) is 13.1. The minimum atomic E-state index is 0.425. The molecular formula is C13H20N4S. The molecule has 1 atom stereocenters. The molecule has 0 saturated carbocycles. The Balaban J connectivity index is 1.87. The maximum absolute atomic E-state index is 4.28. The fourth-order valence-corrected chi connectivity index (χ4v) is 2.94. The van der Waals surface area contributed by atoms with Gasteiger partial charge in [-0.05, 0) is 17.4 Å². The molecule has 4 nitrogen and oxygen atoms in total. The Bertz CT molecular complexity index is 461. The predicted octanol–water partition coefficient (Wildman–Crippen LogP) is 2.41. The minimum Gasteiger partial charge on any atom is -0.309 e. The largest absolute Gasteiger partial charge is 0.309 e. The van der Waals surface area contributed by atoms with Gasteiger partial charge < -0.3 is 5.32 Å². The number of aryl methyl sites for hydroxylation is 1. The van der Waals surface area contributed by atoms with Gasteiger partial charge in [0.05, 0.1) is 0 Å². The van der Waals surface area contributed by atoms with Gasteiger partial charge >= 0.3 is 0 Å². The number of rotatable bonds is 6. The Hall–Kier alpha value is -1.20. The average Bonchev–Trinajstić information content (AvgIpc) is 2.95. The highest BCUT2D eigenvalue weighted by atomic mass is 32.1. The predicted molar refractivity (Wildman–Crippen MR) is 74.6 cm³/mol. The number of nitrogens with one attached hydrogen (secondary N) is 1. The molecule has 2 aromatic rings. The molecule has 0 fully saturated rings. The van der Waals surface area contributed by atoms with Crippen LogP contribution in [-0.4, -0.2) is 21.3 Å². The maximum atomic E-state index is 4.28. The van der Waals surface area contributed by atoms with Gasteiger partial charge in [-0.2, -0.15) is 5.10 Å². The van der Waals surface area contributed by atoms with E-state index in [9.17, 15) is 0 Å². The summed E-state index contributed by atoms with van der Waals surface area (Å²) < 4.78 is 1.74.